The summed E-state index contributed by atoms with van der Waals surface area (Å²) >= 11 is 0. The second kappa shape index (κ2) is 4.37. The Labute approximate surface area is 99.6 Å². The van der Waals surface area contributed by atoms with Crippen LogP contribution >= 0.6 is 0 Å². The van der Waals surface area contributed by atoms with Gasteiger partial charge in [-0.15, -0.1) is 0 Å². The van der Waals surface area contributed by atoms with Gasteiger partial charge in [-0.25, -0.2) is 8.42 Å². The fraction of sp³-hybridized carbons (Fsp3) is 0.500. The summed E-state index contributed by atoms with van der Waals surface area (Å²) in [6.45, 7) is 0. The fourth-order valence-electron chi connectivity index (χ4n) is 2.24. The number of hydrogen-bond acceptors (Lipinski definition) is 2. The molecule has 0 radical (unpaired) electrons. The van der Waals surface area contributed by atoms with Gasteiger partial charge >= 0.3 is 5.25 Å². The maximum atomic E-state index is 14.0. The first-order valence-electron chi connectivity index (χ1n) is 5.64. The van der Waals surface area contributed by atoms with Crippen LogP contribution < -0.4 is 0 Å². The molecule has 2 nitrogen and oxygen atoms in total. The maximum Gasteiger partial charge on any atom is 0.352 e. The lowest BCUT2D eigenvalue weighted by Crippen LogP contribution is -2.36. The van der Waals surface area contributed by atoms with Crippen LogP contribution in [0, 0.1) is 5.92 Å². The molecule has 2 rings (SSSR count). The summed E-state index contributed by atoms with van der Waals surface area (Å²) in [4.78, 5) is -0.295. The lowest BCUT2D eigenvalue weighted by atomic mass is 10.1. The second-order valence-corrected chi connectivity index (χ2v) is 6.38. The quantitative estimate of drug-likeness (QED) is 0.836. The van der Waals surface area contributed by atoms with Gasteiger partial charge in [-0.05, 0) is 25.0 Å². The molecule has 0 unspecified atom stereocenters. The zero-order valence-electron chi connectivity index (χ0n) is 9.27. The van der Waals surface area contributed by atoms with Crippen molar-refractivity contribution in [2.24, 2.45) is 5.92 Å². The Morgan fingerprint density at radius 3 is 2.12 bits per heavy atom. The molecule has 0 N–H and O–H groups in total. The van der Waals surface area contributed by atoms with Crippen LogP contribution in [0.4, 0.5) is 8.78 Å². The van der Waals surface area contributed by atoms with E-state index in [-0.39, 0.29) is 4.90 Å². The zero-order valence-corrected chi connectivity index (χ0v) is 10.1. The lowest BCUT2D eigenvalue weighted by Gasteiger charge is -2.22. The van der Waals surface area contributed by atoms with E-state index in [1.807, 2.05) is 0 Å². The van der Waals surface area contributed by atoms with E-state index in [0.717, 1.165) is 0 Å². The first kappa shape index (κ1) is 12.5. The first-order chi connectivity index (χ1) is 7.96. The van der Waals surface area contributed by atoms with Crippen molar-refractivity contribution in [1.29, 1.82) is 0 Å². The molecular formula is C12H14F2O2S. The third-order valence-corrected chi connectivity index (χ3v) is 5.18. The number of benzene rings is 1. The Morgan fingerprint density at radius 2 is 1.59 bits per heavy atom. The SMILES string of the molecule is O=S(=O)(c1ccccc1)C(F)(F)C1CCCC1. The van der Waals surface area contributed by atoms with Crippen molar-refractivity contribution in [3.05, 3.63) is 30.3 Å². The van der Waals surface area contributed by atoms with E-state index in [1.54, 1.807) is 6.07 Å². The summed E-state index contributed by atoms with van der Waals surface area (Å²) in [5, 5.41) is -3.65. The molecule has 5 heteroatoms. The fourth-order valence-corrected chi connectivity index (χ4v) is 3.74. The van der Waals surface area contributed by atoms with Crippen molar-refractivity contribution in [2.45, 2.75) is 35.8 Å². The number of alkyl halides is 2. The Morgan fingerprint density at radius 1 is 1.06 bits per heavy atom. The van der Waals surface area contributed by atoms with Crippen LogP contribution in [0.1, 0.15) is 25.7 Å². The minimum absolute atomic E-state index is 0.291. The third kappa shape index (κ3) is 2.08. The summed E-state index contributed by atoms with van der Waals surface area (Å²) < 4.78 is 51.8. The Hall–Kier alpha value is -0.970. The number of rotatable bonds is 3. The van der Waals surface area contributed by atoms with Gasteiger partial charge in [-0.1, -0.05) is 31.0 Å². The minimum atomic E-state index is -4.56. The molecule has 0 heterocycles. The predicted molar refractivity (Wildman–Crippen MR) is 60.5 cm³/mol. The summed E-state index contributed by atoms with van der Waals surface area (Å²) in [7, 11) is -4.56. The monoisotopic (exact) mass is 260 g/mol. The molecule has 0 amide bonds. The van der Waals surface area contributed by atoms with Gasteiger partial charge in [0.25, 0.3) is 0 Å². The highest BCUT2D eigenvalue weighted by Crippen LogP contribution is 2.43. The van der Waals surface area contributed by atoms with Crippen LogP contribution in [-0.2, 0) is 9.84 Å². The lowest BCUT2D eigenvalue weighted by molar-refractivity contribution is 0.0291. The van der Waals surface area contributed by atoms with Gasteiger partial charge in [0.1, 0.15) is 0 Å². The van der Waals surface area contributed by atoms with E-state index in [0.29, 0.717) is 25.7 Å². The summed E-state index contributed by atoms with van der Waals surface area (Å²) in [6, 6.07) is 6.96. The molecule has 17 heavy (non-hydrogen) atoms. The molecule has 0 aliphatic heterocycles. The van der Waals surface area contributed by atoms with Gasteiger partial charge in [0, 0.05) is 5.92 Å². The Kier molecular flexibility index (Phi) is 3.21. The van der Waals surface area contributed by atoms with Crippen molar-refractivity contribution in [1.82, 2.24) is 0 Å². The van der Waals surface area contributed by atoms with Crippen LogP contribution in [0.25, 0.3) is 0 Å². The van der Waals surface area contributed by atoms with Crippen molar-refractivity contribution in [3.8, 4) is 0 Å². The van der Waals surface area contributed by atoms with Crippen LogP contribution in [-0.4, -0.2) is 13.7 Å². The maximum absolute atomic E-state index is 14.0. The molecule has 0 atom stereocenters. The third-order valence-electron chi connectivity index (χ3n) is 3.24. The first-order valence-corrected chi connectivity index (χ1v) is 7.12. The van der Waals surface area contributed by atoms with Gasteiger partial charge in [-0.2, -0.15) is 8.78 Å². The van der Waals surface area contributed by atoms with E-state index in [9.17, 15) is 17.2 Å². The second-order valence-electron chi connectivity index (χ2n) is 4.36. The average molecular weight is 260 g/mol. The molecule has 1 fully saturated rings. The summed E-state index contributed by atoms with van der Waals surface area (Å²) in [6.07, 6.45) is 1.95. The van der Waals surface area contributed by atoms with E-state index >= 15 is 0 Å². The van der Waals surface area contributed by atoms with E-state index in [4.69, 9.17) is 0 Å². The Bertz CT molecular complexity index is 476. The minimum Gasteiger partial charge on any atom is -0.217 e. The van der Waals surface area contributed by atoms with E-state index in [2.05, 4.69) is 0 Å². The molecule has 0 spiro atoms. The summed E-state index contributed by atoms with van der Waals surface area (Å²) in [5.74, 6) is -1.03. The molecule has 1 aliphatic rings. The highest BCUT2D eigenvalue weighted by Gasteiger charge is 2.52. The zero-order chi connectivity index (χ0) is 12.5. The van der Waals surface area contributed by atoms with Crippen LogP contribution in [0.15, 0.2) is 35.2 Å². The van der Waals surface area contributed by atoms with Gasteiger partial charge in [0.2, 0.25) is 9.84 Å². The Balaban J connectivity index is 2.38. The largest absolute Gasteiger partial charge is 0.352 e. The number of sulfone groups is 1. The summed E-state index contributed by atoms with van der Waals surface area (Å²) in [5.41, 5.74) is 0. The van der Waals surface area contributed by atoms with Gasteiger partial charge in [0.15, 0.2) is 0 Å². The number of halogens is 2. The topological polar surface area (TPSA) is 34.1 Å². The standard InChI is InChI=1S/C12H14F2O2S/c13-12(14,10-6-4-5-7-10)17(15,16)11-8-2-1-3-9-11/h1-3,8-10H,4-7H2. The van der Waals surface area contributed by atoms with Gasteiger partial charge < -0.3 is 0 Å². The normalized spacial score (nSPS) is 18.5. The highest BCUT2D eigenvalue weighted by molar-refractivity contribution is 7.92. The van der Waals surface area contributed by atoms with Crippen molar-refractivity contribution in [2.75, 3.05) is 0 Å². The predicted octanol–water partition coefficient (Wildman–Crippen LogP) is 3.24. The molecule has 1 aromatic rings. The molecule has 0 saturated heterocycles. The molecule has 1 aliphatic carbocycles. The molecule has 1 aromatic carbocycles. The van der Waals surface area contributed by atoms with Crippen molar-refractivity contribution >= 4 is 9.84 Å². The average Bonchev–Trinajstić information content (AvgIpc) is 2.84. The van der Waals surface area contributed by atoms with E-state index in [1.165, 1.54) is 24.3 Å². The van der Waals surface area contributed by atoms with E-state index < -0.39 is 21.0 Å². The van der Waals surface area contributed by atoms with Gasteiger partial charge in [-0.3, -0.25) is 0 Å². The molecule has 1 saturated carbocycles. The van der Waals surface area contributed by atoms with Gasteiger partial charge in [0.05, 0.1) is 4.90 Å². The van der Waals surface area contributed by atoms with Crippen molar-refractivity contribution < 1.29 is 17.2 Å². The molecule has 94 valence electrons. The highest BCUT2D eigenvalue weighted by atomic mass is 32.2. The smallest absolute Gasteiger partial charge is 0.217 e. The molecule has 0 bridgehead atoms. The number of hydrogen-bond donors (Lipinski definition) is 0. The van der Waals surface area contributed by atoms with Crippen LogP contribution in [0.2, 0.25) is 0 Å². The van der Waals surface area contributed by atoms with Crippen molar-refractivity contribution in [3.63, 3.8) is 0 Å². The molecule has 0 aromatic heterocycles. The van der Waals surface area contributed by atoms with Crippen LogP contribution in [0.5, 0.6) is 0 Å². The van der Waals surface area contributed by atoms with Crippen LogP contribution in [0.3, 0.4) is 0 Å². The molecular weight excluding hydrogens is 246 g/mol.